The second-order valence-corrected chi connectivity index (χ2v) is 5.82. The van der Waals surface area contributed by atoms with Crippen LogP contribution in [0.15, 0.2) is 47.6 Å². The fourth-order valence-corrected chi connectivity index (χ4v) is 2.44. The predicted molar refractivity (Wildman–Crippen MR) is 107 cm³/mol. The van der Waals surface area contributed by atoms with Crippen LogP contribution in [0.3, 0.4) is 0 Å². The second kappa shape index (κ2) is 9.03. The molecule has 6 heteroatoms. The second-order valence-electron chi connectivity index (χ2n) is 5.41. The largest absolute Gasteiger partial charge is 0.493 e. The van der Waals surface area contributed by atoms with E-state index in [1.807, 2.05) is 56.3 Å². The molecule has 2 N–H and O–H groups in total. The summed E-state index contributed by atoms with van der Waals surface area (Å²) in [6, 6.07) is 13.7. The fraction of sp³-hybridized carbons (Fsp3) is 0.263. The molecule has 0 aliphatic rings. The van der Waals surface area contributed by atoms with Crippen LogP contribution in [0.5, 0.6) is 11.5 Å². The van der Waals surface area contributed by atoms with E-state index in [1.165, 1.54) is 5.56 Å². The molecule has 0 bridgehead atoms. The number of benzene rings is 2. The van der Waals surface area contributed by atoms with Crippen molar-refractivity contribution in [3.63, 3.8) is 0 Å². The molecule has 0 heterocycles. The van der Waals surface area contributed by atoms with Gasteiger partial charge in [-0.1, -0.05) is 24.6 Å². The fourth-order valence-electron chi connectivity index (χ4n) is 2.28. The van der Waals surface area contributed by atoms with E-state index < -0.39 is 0 Å². The quantitative estimate of drug-likeness (QED) is 0.463. The van der Waals surface area contributed by atoms with E-state index in [4.69, 9.17) is 21.7 Å². The topological polar surface area (TPSA) is 54.9 Å². The number of hydrazone groups is 1. The molecule has 132 valence electrons. The van der Waals surface area contributed by atoms with Gasteiger partial charge in [0, 0.05) is 11.3 Å². The van der Waals surface area contributed by atoms with Gasteiger partial charge in [-0.05, 0) is 55.9 Å². The van der Waals surface area contributed by atoms with Crippen LogP contribution in [0.25, 0.3) is 0 Å². The Morgan fingerprint density at radius 1 is 1.04 bits per heavy atom. The van der Waals surface area contributed by atoms with Gasteiger partial charge in [0.2, 0.25) is 0 Å². The third kappa shape index (κ3) is 5.19. The predicted octanol–water partition coefficient (Wildman–Crippen LogP) is 4.11. The van der Waals surface area contributed by atoms with Crippen LogP contribution in [0.2, 0.25) is 0 Å². The van der Waals surface area contributed by atoms with Crippen LogP contribution in [0, 0.1) is 6.92 Å². The Balaban J connectivity index is 2.09. The summed E-state index contributed by atoms with van der Waals surface area (Å²) in [6.45, 7) is 4.08. The number of ether oxygens (including phenoxy) is 2. The number of thiocarbonyl (C=S) groups is 1. The van der Waals surface area contributed by atoms with Gasteiger partial charge in [0.1, 0.15) is 0 Å². The Morgan fingerprint density at radius 2 is 1.72 bits per heavy atom. The molecular weight excluding hydrogens is 334 g/mol. The highest BCUT2D eigenvalue weighted by atomic mass is 32.1. The zero-order valence-electron chi connectivity index (χ0n) is 14.9. The van der Waals surface area contributed by atoms with Gasteiger partial charge in [-0.3, -0.25) is 5.43 Å². The number of aryl methyl sites for hydroxylation is 1. The van der Waals surface area contributed by atoms with Crippen molar-refractivity contribution in [2.75, 3.05) is 19.5 Å². The van der Waals surface area contributed by atoms with Crippen molar-refractivity contribution < 1.29 is 9.47 Å². The summed E-state index contributed by atoms with van der Waals surface area (Å²) < 4.78 is 10.6. The summed E-state index contributed by atoms with van der Waals surface area (Å²) in [5.74, 6) is 1.35. The zero-order valence-corrected chi connectivity index (χ0v) is 15.7. The summed E-state index contributed by atoms with van der Waals surface area (Å²) in [5.41, 5.74) is 6.83. The van der Waals surface area contributed by atoms with Crippen molar-refractivity contribution in [2.24, 2.45) is 5.10 Å². The smallest absolute Gasteiger partial charge is 0.191 e. The highest BCUT2D eigenvalue weighted by Gasteiger charge is 2.08. The number of nitrogens with zero attached hydrogens (tertiary/aromatic N) is 1. The lowest BCUT2D eigenvalue weighted by molar-refractivity contribution is 0.355. The van der Waals surface area contributed by atoms with Crippen LogP contribution < -0.4 is 20.2 Å². The van der Waals surface area contributed by atoms with Gasteiger partial charge < -0.3 is 14.8 Å². The van der Waals surface area contributed by atoms with Crippen molar-refractivity contribution in [1.82, 2.24) is 5.43 Å². The van der Waals surface area contributed by atoms with Crippen LogP contribution in [-0.2, 0) is 0 Å². The number of anilines is 1. The zero-order chi connectivity index (χ0) is 18.2. The van der Waals surface area contributed by atoms with E-state index >= 15 is 0 Å². The van der Waals surface area contributed by atoms with Gasteiger partial charge >= 0.3 is 0 Å². The molecule has 0 fully saturated rings. The monoisotopic (exact) mass is 357 g/mol. The molecule has 2 aromatic rings. The molecule has 0 amide bonds. The van der Waals surface area contributed by atoms with Crippen molar-refractivity contribution in [3.8, 4) is 11.5 Å². The maximum atomic E-state index is 5.35. The van der Waals surface area contributed by atoms with Crippen LogP contribution in [0.1, 0.15) is 24.5 Å². The molecule has 25 heavy (non-hydrogen) atoms. The maximum Gasteiger partial charge on any atom is 0.191 e. The molecule has 2 rings (SSSR count). The van der Waals surface area contributed by atoms with Crippen molar-refractivity contribution in [1.29, 1.82) is 0 Å². The average Bonchev–Trinajstić information content (AvgIpc) is 2.63. The minimum Gasteiger partial charge on any atom is -0.493 e. The first-order valence-corrected chi connectivity index (χ1v) is 8.40. The standard InChI is InChI=1S/C19H23N3O2S/c1-5-16(14-8-11-17(23-3)18(12-14)24-4)21-22-19(25)20-15-9-6-13(2)7-10-15/h6-12H,5H2,1-4H3,(H2,20,22,25)/b21-16-. The Morgan fingerprint density at radius 3 is 2.32 bits per heavy atom. The number of hydrogen-bond donors (Lipinski definition) is 2. The van der Waals surface area contributed by atoms with Crippen LogP contribution in [0.4, 0.5) is 5.69 Å². The highest BCUT2D eigenvalue weighted by Crippen LogP contribution is 2.28. The van der Waals surface area contributed by atoms with Crippen LogP contribution >= 0.6 is 12.2 Å². The molecule has 0 saturated heterocycles. The maximum absolute atomic E-state index is 5.35. The van der Waals surface area contributed by atoms with Crippen molar-refractivity contribution >= 4 is 28.7 Å². The molecule has 0 atom stereocenters. The van der Waals surface area contributed by atoms with E-state index in [0.29, 0.717) is 16.6 Å². The Labute approximate surface area is 154 Å². The van der Waals surface area contributed by atoms with Gasteiger partial charge in [0.05, 0.1) is 19.9 Å². The normalized spacial score (nSPS) is 11.0. The highest BCUT2D eigenvalue weighted by molar-refractivity contribution is 7.80. The molecule has 5 nitrogen and oxygen atoms in total. The first kappa shape index (κ1) is 18.7. The van der Waals surface area contributed by atoms with Gasteiger partial charge in [-0.2, -0.15) is 5.10 Å². The summed E-state index contributed by atoms with van der Waals surface area (Å²) in [4.78, 5) is 0. The molecule has 0 radical (unpaired) electrons. The van der Waals surface area contributed by atoms with Crippen molar-refractivity contribution in [3.05, 3.63) is 53.6 Å². The molecule has 0 aliphatic carbocycles. The SMILES string of the molecule is CC/C(=N/NC(=S)Nc1ccc(C)cc1)c1ccc(OC)c(OC)c1. The van der Waals surface area contributed by atoms with Gasteiger partial charge in [0.25, 0.3) is 0 Å². The van der Waals surface area contributed by atoms with Crippen LogP contribution in [-0.4, -0.2) is 25.0 Å². The molecular formula is C19H23N3O2S. The molecule has 0 aromatic heterocycles. The van der Waals surface area contributed by atoms with Gasteiger partial charge in [-0.25, -0.2) is 0 Å². The third-order valence-electron chi connectivity index (χ3n) is 3.65. The number of methoxy groups -OCH3 is 2. The molecule has 0 spiro atoms. The average molecular weight is 357 g/mol. The minimum absolute atomic E-state index is 0.440. The van der Waals surface area contributed by atoms with E-state index in [9.17, 15) is 0 Å². The van der Waals surface area contributed by atoms with E-state index in [2.05, 4.69) is 15.8 Å². The number of nitrogens with one attached hydrogen (secondary N) is 2. The van der Waals surface area contributed by atoms with Crippen molar-refractivity contribution in [2.45, 2.75) is 20.3 Å². The lowest BCUT2D eigenvalue weighted by atomic mass is 10.1. The third-order valence-corrected chi connectivity index (χ3v) is 3.85. The lowest BCUT2D eigenvalue weighted by Gasteiger charge is -2.12. The summed E-state index contributed by atoms with van der Waals surface area (Å²) in [7, 11) is 3.23. The Kier molecular flexibility index (Phi) is 6.77. The molecule has 2 aromatic carbocycles. The number of hydrogen-bond acceptors (Lipinski definition) is 4. The summed E-state index contributed by atoms with van der Waals surface area (Å²) in [6.07, 6.45) is 0.746. The molecule has 0 aliphatic heterocycles. The first-order valence-electron chi connectivity index (χ1n) is 8.00. The first-order chi connectivity index (χ1) is 12.1. The van der Waals surface area contributed by atoms with Gasteiger partial charge in [0.15, 0.2) is 16.6 Å². The lowest BCUT2D eigenvalue weighted by Crippen LogP contribution is -2.25. The number of rotatable bonds is 6. The molecule has 0 unspecified atom stereocenters. The Bertz CT molecular complexity index is 758. The van der Waals surface area contributed by atoms with E-state index in [-0.39, 0.29) is 0 Å². The Hall–Kier alpha value is -2.60. The van der Waals surface area contributed by atoms with E-state index in [1.54, 1.807) is 14.2 Å². The van der Waals surface area contributed by atoms with E-state index in [0.717, 1.165) is 23.4 Å². The minimum atomic E-state index is 0.440. The summed E-state index contributed by atoms with van der Waals surface area (Å²) >= 11 is 5.30. The summed E-state index contributed by atoms with van der Waals surface area (Å²) in [5, 5.41) is 7.97. The van der Waals surface area contributed by atoms with Gasteiger partial charge in [-0.15, -0.1) is 0 Å². The molecule has 0 saturated carbocycles.